The minimum Gasteiger partial charge on any atom is -0.493 e. The van der Waals surface area contributed by atoms with E-state index in [0.29, 0.717) is 11.5 Å². The lowest BCUT2D eigenvalue weighted by molar-refractivity contribution is -0.139. The Bertz CT molecular complexity index is 1100. The SMILES string of the molecule is CNC(=O)[C@@H](C)N(Cc1ccccc1C)C(=O)CN(c1ccc(OC)c(OC)c1)S(C)(=O)=O. The summed E-state index contributed by atoms with van der Waals surface area (Å²) in [6, 6.07) is 11.3. The van der Waals surface area contributed by atoms with Gasteiger partial charge in [0.2, 0.25) is 21.8 Å². The van der Waals surface area contributed by atoms with Crippen molar-refractivity contribution in [1.29, 1.82) is 0 Å². The quantitative estimate of drug-likeness (QED) is 0.561. The summed E-state index contributed by atoms with van der Waals surface area (Å²) in [5.41, 5.74) is 2.06. The van der Waals surface area contributed by atoms with Gasteiger partial charge in [0, 0.05) is 19.7 Å². The van der Waals surface area contributed by atoms with Crippen molar-refractivity contribution < 1.29 is 27.5 Å². The number of hydrogen-bond acceptors (Lipinski definition) is 6. The Morgan fingerprint density at radius 3 is 2.24 bits per heavy atom. The predicted octanol–water partition coefficient (Wildman–Crippen LogP) is 1.94. The van der Waals surface area contributed by atoms with Crippen LogP contribution in [0.5, 0.6) is 11.5 Å². The summed E-state index contributed by atoms with van der Waals surface area (Å²) in [5.74, 6) is -0.120. The highest BCUT2D eigenvalue weighted by atomic mass is 32.2. The number of nitrogens with one attached hydrogen (secondary N) is 1. The smallest absolute Gasteiger partial charge is 0.244 e. The zero-order valence-corrected chi connectivity index (χ0v) is 20.6. The number of rotatable bonds is 10. The largest absolute Gasteiger partial charge is 0.493 e. The Balaban J connectivity index is 2.44. The first-order chi connectivity index (χ1) is 15.5. The van der Waals surface area contributed by atoms with Gasteiger partial charge in [0.25, 0.3) is 0 Å². The normalized spacial score (nSPS) is 11.9. The molecule has 0 aliphatic carbocycles. The molecule has 0 fully saturated rings. The molecule has 0 radical (unpaired) electrons. The molecule has 0 heterocycles. The minimum atomic E-state index is -3.83. The van der Waals surface area contributed by atoms with Crippen molar-refractivity contribution in [3.8, 4) is 11.5 Å². The summed E-state index contributed by atoms with van der Waals surface area (Å²) in [6.45, 7) is 3.19. The van der Waals surface area contributed by atoms with Gasteiger partial charge in [0.15, 0.2) is 11.5 Å². The molecule has 2 aromatic carbocycles. The van der Waals surface area contributed by atoms with Gasteiger partial charge in [-0.15, -0.1) is 0 Å². The van der Waals surface area contributed by atoms with Crippen LogP contribution in [0.1, 0.15) is 18.1 Å². The van der Waals surface area contributed by atoms with Gasteiger partial charge in [-0.05, 0) is 37.1 Å². The third-order valence-electron chi connectivity index (χ3n) is 5.35. The lowest BCUT2D eigenvalue weighted by Gasteiger charge is -2.31. The Morgan fingerprint density at radius 2 is 1.70 bits per heavy atom. The molecule has 10 heteroatoms. The summed E-state index contributed by atoms with van der Waals surface area (Å²) < 4.78 is 36.7. The topological polar surface area (TPSA) is 105 Å². The average Bonchev–Trinajstić information content (AvgIpc) is 2.79. The number of benzene rings is 2. The third kappa shape index (κ3) is 6.38. The van der Waals surface area contributed by atoms with E-state index in [4.69, 9.17) is 9.47 Å². The molecule has 2 rings (SSSR count). The summed E-state index contributed by atoms with van der Waals surface area (Å²) in [7, 11) is 0.561. The van der Waals surface area contributed by atoms with Crippen molar-refractivity contribution in [3.63, 3.8) is 0 Å². The molecule has 9 nitrogen and oxygen atoms in total. The van der Waals surface area contributed by atoms with E-state index in [0.717, 1.165) is 21.7 Å². The first-order valence-electron chi connectivity index (χ1n) is 10.3. The highest BCUT2D eigenvalue weighted by molar-refractivity contribution is 7.92. The second kappa shape index (κ2) is 11.0. The lowest BCUT2D eigenvalue weighted by Crippen LogP contribution is -2.50. The van der Waals surface area contributed by atoms with Crippen molar-refractivity contribution in [2.45, 2.75) is 26.4 Å². The Morgan fingerprint density at radius 1 is 1.06 bits per heavy atom. The number of ether oxygens (including phenoxy) is 2. The number of aryl methyl sites for hydroxylation is 1. The van der Waals surface area contributed by atoms with Crippen molar-refractivity contribution >= 4 is 27.5 Å². The first kappa shape index (κ1) is 26.0. The molecular weight excluding hydrogens is 446 g/mol. The van der Waals surface area contributed by atoms with Crippen molar-refractivity contribution in [1.82, 2.24) is 10.2 Å². The number of methoxy groups -OCH3 is 2. The first-order valence-corrected chi connectivity index (χ1v) is 12.1. The van der Waals surface area contributed by atoms with Gasteiger partial charge in [-0.25, -0.2) is 8.42 Å². The van der Waals surface area contributed by atoms with E-state index < -0.39 is 28.5 Å². The zero-order valence-electron chi connectivity index (χ0n) is 19.8. The molecule has 0 aromatic heterocycles. The molecule has 33 heavy (non-hydrogen) atoms. The van der Waals surface area contributed by atoms with Crippen molar-refractivity contribution in [3.05, 3.63) is 53.6 Å². The predicted molar refractivity (Wildman–Crippen MR) is 127 cm³/mol. The zero-order chi connectivity index (χ0) is 24.8. The number of carbonyl (C=O) groups excluding carboxylic acids is 2. The molecule has 0 bridgehead atoms. The van der Waals surface area contributed by atoms with Crippen molar-refractivity contribution in [2.75, 3.05) is 38.4 Å². The molecule has 0 saturated heterocycles. The standard InChI is InChI=1S/C23H31N3O6S/c1-16-9-7-8-10-18(16)14-25(17(2)23(28)24-3)22(27)15-26(33(6,29)30)19-11-12-20(31-4)21(13-19)32-5/h7-13,17H,14-15H2,1-6H3,(H,24,28)/t17-/m1/s1. The molecule has 0 saturated carbocycles. The number of amides is 2. The molecule has 2 aromatic rings. The minimum absolute atomic E-state index is 0.156. The van der Waals surface area contributed by atoms with E-state index in [1.807, 2.05) is 31.2 Å². The Kier molecular flexibility index (Phi) is 8.69. The maximum absolute atomic E-state index is 13.4. The molecule has 0 spiro atoms. The summed E-state index contributed by atoms with van der Waals surface area (Å²) in [5, 5.41) is 2.55. The van der Waals surface area contributed by atoms with Gasteiger partial charge in [0.1, 0.15) is 12.6 Å². The molecule has 2 amide bonds. The molecule has 0 aliphatic heterocycles. The van der Waals surface area contributed by atoms with Crippen molar-refractivity contribution in [2.24, 2.45) is 0 Å². The molecule has 0 aliphatic rings. The van der Waals surface area contributed by atoms with Gasteiger partial charge in [-0.3, -0.25) is 13.9 Å². The van der Waals surface area contributed by atoms with Crippen LogP contribution < -0.4 is 19.1 Å². The van der Waals surface area contributed by atoms with Crippen LogP contribution in [0.25, 0.3) is 0 Å². The van der Waals surface area contributed by atoms with Crippen LogP contribution in [-0.4, -0.2) is 65.2 Å². The van der Waals surface area contributed by atoms with E-state index in [9.17, 15) is 18.0 Å². The molecule has 180 valence electrons. The number of carbonyl (C=O) groups is 2. The van der Waals surface area contributed by atoms with Crippen LogP contribution in [0.4, 0.5) is 5.69 Å². The number of likely N-dealkylation sites (N-methyl/N-ethyl adjacent to an activating group) is 1. The fourth-order valence-electron chi connectivity index (χ4n) is 3.36. The fraction of sp³-hybridized carbons (Fsp3) is 0.391. The molecular formula is C23H31N3O6S. The van der Waals surface area contributed by atoms with Gasteiger partial charge in [-0.2, -0.15) is 0 Å². The van der Waals surface area contributed by atoms with Crippen LogP contribution in [0.3, 0.4) is 0 Å². The highest BCUT2D eigenvalue weighted by Gasteiger charge is 2.30. The lowest BCUT2D eigenvalue weighted by atomic mass is 10.1. The van der Waals surface area contributed by atoms with Gasteiger partial charge < -0.3 is 19.7 Å². The second-order valence-corrected chi connectivity index (χ2v) is 9.45. The molecule has 0 unspecified atom stereocenters. The number of sulfonamides is 1. The summed E-state index contributed by atoms with van der Waals surface area (Å²) in [6.07, 6.45) is 1.02. The van der Waals surface area contributed by atoms with E-state index >= 15 is 0 Å². The van der Waals surface area contributed by atoms with Crippen LogP contribution in [-0.2, 0) is 26.2 Å². The highest BCUT2D eigenvalue weighted by Crippen LogP contribution is 2.32. The van der Waals surface area contributed by atoms with E-state index in [1.54, 1.807) is 13.0 Å². The van der Waals surface area contributed by atoms with Crippen LogP contribution in [0, 0.1) is 6.92 Å². The average molecular weight is 478 g/mol. The van der Waals surface area contributed by atoms with E-state index in [-0.39, 0.29) is 18.1 Å². The number of nitrogens with zero attached hydrogens (tertiary/aromatic N) is 2. The van der Waals surface area contributed by atoms with E-state index in [1.165, 1.54) is 38.3 Å². The van der Waals surface area contributed by atoms with Gasteiger partial charge in [0.05, 0.1) is 26.2 Å². The number of hydrogen-bond donors (Lipinski definition) is 1. The van der Waals surface area contributed by atoms with Crippen LogP contribution in [0.2, 0.25) is 0 Å². The van der Waals surface area contributed by atoms with Crippen LogP contribution >= 0.6 is 0 Å². The molecule has 1 atom stereocenters. The summed E-state index contributed by atoms with van der Waals surface area (Å²) >= 11 is 0. The van der Waals surface area contributed by atoms with E-state index in [2.05, 4.69) is 5.32 Å². The maximum atomic E-state index is 13.4. The monoisotopic (exact) mass is 477 g/mol. The molecule has 1 N–H and O–H groups in total. The Hall–Kier alpha value is -3.27. The van der Waals surface area contributed by atoms with Gasteiger partial charge >= 0.3 is 0 Å². The summed E-state index contributed by atoms with van der Waals surface area (Å²) in [4.78, 5) is 27.2. The van der Waals surface area contributed by atoms with Crippen LogP contribution in [0.15, 0.2) is 42.5 Å². The third-order valence-corrected chi connectivity index (χ3v) is 6.49. The number of anilines is 1. The maximum Gasteiger partial charge on any atom is 0.244 e. The fourth-order valence-corrected chi connectivity index (χ4v) is 4.20. The second-order valence-electron chi connectivity index (χ2n) is 7.55. The Labute approximate surface area is 195 Å². The van der Waals surface area contributed by atoms with Gasteiger partial charge in [-0.1, -0.05) is 24.3 Å².